The van der Waals surface area contributed by atoms with Crippen LogP contribution in [-0.2, 0) is 15.0 Å². The number of halogens is 1. The van der Waals surface area contributed by atoms with Gasteiger partial charge in [-0.1, -0.05) is 28.1 Å². The Morgan fingerprint density at radius 2 is 2.05 bits per heavy atom. The lowest BCUT2D eigenvalue weighted by molar-refractivity contribution is -0.137. The van der Waals surface area contributed by atoms with Crippen LogP contribution in [0.3, 0.4) is 0 Å². The Morgan fingerprint density at radius 1 is 1.40 bits per heavy atom. The zero-order valence-electron chi connectivity index (χ0n) is 11.9. The van der Waals surface area contributed by atoms with Crippen molar-refractivity contribution >= 4 is 27.8 Å². The lowest BCUT2D eigenvalue weighted by Gasteiger charge is -2.26. The van der Waals surface area contributed by atoms with E-state index in [0.29, 0.717) is 6.42 Å². The molecule has 0 saturated heterocycles. The van der Waals surface area contributed by atoms with Gasteiger partial charge in [0.2, 0.25) is 5.91 Å². The highest BCUT2D eigenvalue weighted by Crippen LogP contribution is 2.26. The van der Waals surface area contributed by atoms with Crippen molar-refractivity contribution in [1.82, 2.24) is 5.32 Å². The molecule has 1 unspecified atom stereocenters. The van der Waals surface area contributed by atoms with Crippen molar-refractivity contribution in [1.29, 1.82) is 0 Å². The van der Waals surface area contributed by atoms with Crippen LogP contribution in [0.2, 0.25) is 0 Å². The van der Waals surface area contributed by atoms with E-state index in [4.69, 9.17) is 5.11 Å². The van der Waals surface area contributed by atoms with Gasteiger partial charge in [0.05, 0.1) is 5.41 Å². The van der Waals surface area contributed by atoms with Crippen molar-refractivity contribution in [3.8, 4) is 0 Å². The molecule has 0 bridgehead atoms. The fraction of sp³-hybridized carbons (Fsp3) is 0.467. The average Bonchev–Trinajstić information content (AvgIpc) is 2.36. The first-order valence-corrected chi connectivity index (χ1v) is 7.31. The molecule has 1 atom stereocenters. The Bertz CT molecular complexity index is 500. The first-order chi connectivity index (χ1) is 9.23. The molecule has 0 saturated carbocycles. The van der Waals surface area contributed by atoms with E-state index in [0.717, 1.165) is 10.0 Å². The van der Waals surface area contributed by atoms with E-state index in [1.165, 1.54) is 0 Å². The van der Waals surface area contributed by atoms with Crippen LogP contribution < -0.4 is 5.32 Å². The second-order valence-corrected chi connectivity index (χ2v) is 6.36. The molecule has 0 aromatic heterocycles. The number of carbonyl (C=O) groups excluding carboxylic acids is 1. The normalized spacial score (nSPS) is 12.8. The third-order valence-electron chi connectivity index (χ3n) is 3.28. The van der Waals surface area contributed by atoms with Crippen molar-refractivity contribution in [2.45, 2.75) is 45.1 Å². The summed E-state index contributed by atoms with van der Waals surface area (Å²) in [5.74, 6) is -0.953. The summed E-state index contributed by atoms with van der Waals surface area (Å²) >= 11 is 3.40. The first kappa shape index (κ1) is 16.7. The van der Waals surface area contributed by atoms with Gasteiger partial charge in [-0.05, 0) is 44.9 Å². The molecule has 0 aliphatic carbocycles. The van der Waals surface area contributed by atoms with Crippen molar-refractivity contribution in [2.24, 2.45) is 0 Å². The molecule has 4 nitrogen and oxygen atoms in total. The molecule has 0 fully saturated rings. The third kappa shape index (κ3) is 4.63. The summed E-state index contributed by atoms with van der Waals surface area (Å²) < 4.78 is 0.926. The molecule has 0 spiro atoms. The summed E-state index contributed by atoms with van der Waals surface area (Å²) in [6.07, 6.45) is 0.481. The molecule has 0 aliphatic rings. The Balaban J connectivity index is 2.72. The first-order valence-electron chi connectivity index (χ1n) is 6.52. The molecule has 20 heavy (non-hydrogen) atoms. The topological polar surface area (TPSA) is 66.4 Å². The summed E-state index contributed by atoms with van der Waals surface area (Å²) in [5.41, 5.74) is 0.246. The van der Waals surface area contributed by atoms with Gasteiger partial charge in [0, 0.05) is 16.9 Å². The highest BCUT2D eigenvalue weighted by atomic mass is 79.9. The van der Waals surface area contributed by atoms with Gasteiger partial charge in [0.25, 0.3) is 0 Å². The van der Waals surface area contributed by atoms with Gasteiger partial charge >= 0.3 is 5.97 Å². The van der Waals surface area contributed by atoms with Crippen LogP contribution in [0.4, 0.5) is 0 Å². The molecular formula is C15H20BrNO3. The number of hydrogen-bond donors (Lipinski definition) is 2. The number of amides is 1. The molecule has 0 radical (unpaired) electrons. The summed E-state index contributed by atoms with van der Waals surface area (Å²) in [6, 6.07) is 7.47. The average molecular weight is 342 g/mol. The highest BCUT2D eigenvalue weighted by molar-refractivity contribution is 9.10. The van der Waals surface area contributed by atoms with E-state index in [9.17, 15) is 9.59 Å². The van der Waals surface area contributed by atoms with Gasteiger partial charge < -0.3 is 10.4 Å². The van der Waals surface area contributed by atoms with Crippen LogP contribution in [-0.4, -0.2) is 23.0 Å². The maximum Gasteiger partial charge on any atom is 0.303 e. The van der Waals surface area contributed by atoms with Gasteiger partial charge in [-0.3, -0.25) is 9.59 Å². The Kier molecular flexibility index (Phi) is 5.74. The molecule has 1 aromatic rings. The van der Waals surface area contributed by atoms with Gasteiger partial charge in [0.15, 0.2) is 0 Å². The van der Waals surface area contributed by atoms with Crippen molar-refractivity contribution in [3.05, 3.63) is 34.3 Å². The standard InChI is InChI=1S/C15H20BrNO3/c1-10(7-8-13(18)19)17-14(20)15(2,3)11-5-4-6-12(16)9-11/h4-6,9-10H,7-8H2,1-3H3,(H,17,20)(H,18,19). The number of hydrogen-bond acceptors (Lipinski definition) is 2. The molecular weight excluding hydrogens is 322 g/mol. The van der Waals surface area contributed by atoms with Crippen molar-refractivity contribution < 1.29 is 14.7 Å². The smallest absolute Gasteiger partial charge is 0.303 e. The van der Waals surface area contributed by atoms with Crippen LogP contribution >= 0.6 is 15.9 Å². The molecule has 110 valence electrons. The molecule has 1 rings (SSSR count). The maximum atomic E-state index is 12.4. The summed E-state index contributed by atoms with van der Waals surface area (Å²) in [4.78, 5) is 22.9. The van der Waals surface area contributed by atoms with Crippen molar-refractivity contribution in [3.63, 3.8) is 0 Å². The van der Waals surface area contributed by atoms with E-state index in [1.54, 1.807) is 0 Å². The molecule has 2 N–H and O–H groups in total. The minimum absolute atomic E-state index is 0.0543. The highest BCUT2D eigenvalue weighted by Gasteiger charge is 2.30. The number of carbonyl (C=O) groups is 2. The van der Waals surface area contributed by atoms with E-state index in [2.05, 4.69) is 21.2 Å². The number of rotatable bonds is 6. The Morgan fingerprint density at radius 3 is 2.60 bits per heavy atom. The minimum Gasteiger partial charge on any atom is -0.481 e. The van der Waals surface area contributed by atoms with Gasteiger partial charge in [-0.15, -0.1) is 0 Å². The summed E-state index contributed by atoms with van der Waals surface area (Å²) in [5, 5.41) is 11.5. The third-order valence-corrected chi connectivity index (χ3v) is 3.78. The predicted molar refractivity (Wildman–Crippen MR) is 81.6 cm³/mol. The molecule has 0 aliphatic heterocycles. The lowest BCUT2D eigenvalue weighted by atomic mass is 9.83. The second-order valence-electron chi connectivity index (χ2n) is 5.44. The number of carboxylic acids is 1. The number of aliphatic carboxylic acids is 1. The second kappa shape index (κ2) is 6.88. The van der Waals surface area contributed by atoms with E-state index in [-0.39, 0.29) is 18.4 Å². The molecule has 0 heterocycles. The fourth-order valence-corrected chi connectivity index (χ4v) is 2.22. The molecule has 1 amide bonds. The molecule has 5 heteroatoms. The largest absolute Gasteiger partial charge is 0.481 e. The fourth-order valence-electron chi connectivity index (χ4n) is 1.82. The van der Waals surface area contributed by atoms with E-state index < -0.39 is 11.4 Å². The summed E-state index contributed by atoms with van der Waals surface area (Å²) in [6.45, 7) is 5.53. The number of benzene rings is 1. The lowest BCUT2D eigenvalue weighted by Crippen LogP contribution is -2.44. The zero-order valence-corrected chi connectivity index (χ0v) is 13.5. The quantitative estimate of drug-likeness (QED) is 0.835. The van der Waals surface area contributed by atoms with Crippen LogP contribution in [0.15, 0.2) is 28.7 Å². The van der Waals surface area contributed by atoms with Crippen LogP contribution in [0.25, 0.3) is 0 Å². The van der Waals surface area contributed by atoms with Gasteiger partial charge in [0.1, 0.15) is 0 Å². The van der Waals surface area contributed by atoms with Crippen LogP contribution in [0.1, 0.15) is 39.2 Å². The monoisotopic (exact) mass is 341 g/mol. The maximum absolute atomic E-state index is 12.4. The van der Waals surface area contributed by atoms with Crippen LogP contribution in [0, 0.1) is 0 Å². The van der Waals surface area contributed by atoms with Gasteiger partial charge in [-0.2, -0.15) is 0 Å². The molecule has 1 aromatic carbocycles. The Hall–Kier alpha value is -1.36. The van der Waals surface area contributed by atoms with Crippen molar-refractivity contribution in [2.75, 3.05) is 0 Å². The summed E-state index contributed by atoms with van der Waals surface area (Å²) in [7, 11) is 0. The number of carboxylic acid groups (broad SMARTS) is 1. The van der Waals surface area contributed by atoms with Crippen LogP contribution in [0.5, 0.6) is 0 Å². The zero-order chi connectivity index (χ0) is 15.3. The SMILES string of the molecule is CC(CCC(=O)O)NC(=O)C(C)(C)c1cccc(Br)c1. The number of nitrogens with one attached hydrogen (secondary N) is 1. The minimum atomic E-state index is -0.850. The Labute approximate surface area is 127 Å². The van der Waals surface area contributed by atoms with Gasteiger partial charge in [-0.25, -0.2) is 0 Å². The van der Waals surface area contributed by atoms with E-state index >= 15 is 0 Å². The predicted octanol–water partition coefficient (Wildman–Crippen LogP) is 3.10. The van der Waals surface area contributed by atoms with E-state index in [1.807, 2.05) is 45.0 Å².